The minimum atomic E-state index is 0.213. The molecule has 0 heterocycles. The Bertz CT molecular complexity index is 405. The average Bonchev–Trinajstić information content (AvgIpc) is 2.99. The van der Waals surface area contributed by atoms with E-state index in [9.17, 15) is 0 Å². The molecule has 1 fully saturated rings. The zero-order valence-electron chi connectivity index (χ0n) is 10.6. The first kappa shape index (κ1) is 11.5. The fraction of sp³-hybridized carbons (Fsp3) is 0.571. The predicted octanol–water partition coefficient (Wildman–Crippen LogP) is 2.69. The van der Waals surface area contributed by atoms with Crippen LogP contribution >= 0.6 is 0 Å². The summed E-state index contributed by atoms with van der Waals surface area (Å²) < 4.78 is 5.48. The molecule has 1 unspecified atom stereocenters. The molecule has 0 aliphatic heterocycles. The molecule has 2 heteroatoms. The quantitative estimate of drug-likeness (QED) is 0.848. The lowest BCUT2D eigenvalue weighted by Crippen LogP contribution is -2.32. The topological polar surface area (TPSA) is 35.2 Å². The normalized spacial score (nSPS) is 19.3. The van der Waals surface area contributed by atoms with Crippen LogP contribution in [0.3, 0.4) is 0 Å². The molecular formula is C14H21NO. The fourth-order valence-electron chi connectivity index (χ4n) is 2.79. The zero-order chi connectivity index (χ0) is 11.9. The van der Waals surface area contributed by atoms with Crippen LogP contribution in [0.4, 0.5) is 0 Å². The van der Waals surface area contributed by atoms with E-state index in [2.05, 4.69) is 32.9 Å². The van der Waals surface area contributed by atoms with Crippen molar-refractivity contribution < 1.29 is 4.74 Å². The number of aryl methyl sites for hydroxylation is 1. The monoisotopic (exact) mass is 219 g/mol. The first-order valence-electron chi connectivity index (χ1n) is 5.93. The molecule has 2 nitrogen and oxygen atoms in total. The molecule has 16 heavy (non-hydrogen) atoms. The number of methoxy groups -OCH3 is 1. The molecule has 88 valence electrons. The zero-order valence-corrected chi connectivity index (χ0v) is 10.6. The van der Waals surface area contributed by atoms with E-state index in [4.69, 9.17) is 10.5 Å². The average molecular weight is 219 g/mol. The van der Waals surface area contributed by atoms with Crippen LogP contribution < -0.4 is 10.5 Å². The van der Waals surface area contributed by atoms with Crippen LogP contribution in [0.5, 0.6) is 5.75 Å². The summed E-state index contributed by atoms with van der Waals surface area (Å²) in [7, 11) is 1.74. The molecular weight excluding hydrogens is 198 g/mol. The number of ether oxygens (including phenoxy) is 1. The predicted molar refractivity (Wildman–Crippen MR) is 67.0 cm³/mol. The van der Waals surface area contributed by atoms with Crippen LogP contribution in [0.2, 0.25) is 0 Å². The van der Waals surface area contributed by atoms with E-state index in [0.717, 1.165) is 5.75 Å². The van der Waals surface area contributed by atoms with Crippen LogP contribution in [0.1, 0.15) is 36.5 Å². The third-order valence-electron chi connectivity index (χ3n) is 4.00. The summed E-state index contributed by atoms with van der Waals surface area (Å²) in [5.41, 5.74) is 10.2. The molecule has 2 rings (SSSR count). The van der Waals surface area contributed by atoms with Crippen molar-refractivity contribution in [3.8, 4) is 5.75 Å². The first-order chi connectivity index (χ1) is 7.53. The molecule has 1 saturated carbocycles. The second-order valence-electron chi connectivity index (χ2n) is 5.03. The Labute approximate surface area is 97.8 Å². The van der Waals surface area contributed by atoms with Gasteiger partial charge >= 0.3 is 0 Å². The smallest absolute Gasteiger partial charge is 0.124 e. The lowest BCUT2D eigenvalue weighted by Gasteiger charge is -2.24. The van der Waals surface area contributed by atoms with Crippen molar-refractivity contribution in [2.24, 2.45) is 5.73 Å². The van der Waals surface area contributed by atoms with Gasteiger partial charge in [0.25, 0.3) is 0 Å². The van der Waals surface area contributed by atoms with Gasteiger partial charge in [0, 0.05) is 11.5 Å². The van der Waals surface area contributed by atoms with Gasteiger partial charge in [0.05, 0.1) is 7.11 Å². The minimum absolute atomic E-state index is 0.213. The van der Waals surface area contributed by atoms with Crippen LogP contribution in [0.15, 0.2) is 12.1 Å². The van der Waals surface area contributed by atoms with Crippen LogP contribution in [0, 0.1) is 13.8 Å². The maximum absolute atomic E-state index is 6.12. The molecule has 1 aliphatic carbocycles. The highest BCUT2D eigenvalue weighted by Gasteiger charge is 2.48. The lowest BCUT2D eigenvalue weighted by molar-refractivity contribution is 0.406. The molecule has 0 spiro atoms. The molecule has 1 aromatic rings. The number of benzene rings is 1. The van der Waals surface area contributed by atoms with Crippen molar-refractivity contribution in [3.05, 3.63) is 28.8 Å². The Balaban J connectivity index is 2.51. The van der Waals surface area contributed by atoms with Crippen molar-refractivity contribution in [1.82, 2.24) is 0 Å². The molecule has 1 aliphatic rings. The third kappa shape index (κ3) is 1.52. The summed E-state index contributed by atoms with van der Waals surface area (Å²) in [4.78, 5) is 0. The van der Waals surface area contributed by atoms with Crippen LogP contribution in [0.25, 0.3) is 0 Å². The number of hydrogen-bond donors (Lipinski definition) is 1. The second-order valence-corrected chi connectivity index (χ2v) is 5.03. The standard InChI is InChI=1S/C14H21NO/c1-9-5-6-12(10(2)13(9)16-4)14(7-8-14)11(3)15/h5-6,11H,7-8,15H2,1-4H3. The molecule has 0 amide bonds. The summed E-state index contributed by atoms with van der Waals surface area (Å²) >= 11 is 0. The van der Waals surface area contributed by atoms with Crippen molar-refractivity contribution in [1.29, 1.82) is 0 Å². The Morgan fingerprint density at radius 1 is 1.31 bits per heavy atom. The molecule has 0 radical (unpaired) electrons. The van der Waals surface area contributed by atoms with E-state index in [1.807, 2.05) is 0 Å². The summed E-state index contributed by atoms with van der Waals surface area (Å²) in [6.07, 6.45) is 2.41. The van der Waals surface area contributed by atoms with Crippen LogP contribution in [-0.4, -0.2) is 13.2 Å². The highest BCUT2D eigenvalue weighted by molar-refractivity contribution is 5.50. The van der Waals surface area contributed by atoms with Crippen LogP contribution in [-0.2, 0) is 5.41 Å². The molecule has 2 N–H and O–H groups in total. The van der Waals surface area contributed by atoms with E-state index in [-0.39, 0.29) is 11.5 Å². The molecule has 1 atom stereocenters. The maximum atomic E-state index is 6.12. The number of hydrogen-bond acceptors (Lipinski definition) is 2. The SMILES string of the molecule is COc1c(C)ccc(C2(C(C)N)CC2)c1C. The highest BCUT2D eigenvalue weighted by Crippen LogP contribution is 2.52. The Morgan fingerprint density at radius 3 is 2.38 bits per heavy atom. The molecule has 0 bridgehead atoms. The summed E-state index contributed by atoms with van der Waals surface area (Å²) in [6, 6.07) is 4.59. The van der Waals surface area contributed by atoms with Gasteiger partial charge in [-0.2, -0.15) is 0 Å². The summed E-state index contributed by atoms with van der Waals surface area (Å²) in [5, 5.41) is 0. The molecule has 1 aromatic carbocycles. The Hall–Kier alpha value is -1.02. The van der Waals surface area contributed by atoms with Gasteiger partial charge in [0.15, 0.2) is 0 Å². The van der Waals surface area contributed by atoms with Gasteiger partial charge in [-0.25, -0.2) is 0 Å². The number of rotatable bonds is 3. The third-order valence-corrected chi connectivity index (χ3v) is 4.00. The molecule has 0 saturated heterocycles. The Kier molecular flexibility index (Phi) is 2.70. The van der Waals surface area contributed by atoms with Gasteiger partial charge in [-0.3, -0.25) is 0 Å². The van der Waals surface area contributed by atoms with Gasteiger partial charge < -0.3 is 10.5 Å². The number of nitrogens with two attached hydrogens (primary N) is 1. The van der Waals surface area contributed by atoms with Crippen molar-refractivity contribution in [3.63, 3.8) is 0 Å². The minimum Gasteiger partial charge on any atom is -0.496 e. The van der Waals surface area contributed by atoms with E-state index in [1.165, 1.54) is 29.5 Å². The van der Waals surface area contributed by atoms with Gasteiger partial charge in [-0.1, -0.05) is 12.1 Å². The van der Waals surface area contributed by atoms with Gasteiger partial charge in [-0.15, -0.1) is 0 Å². The summed E-state index contributed by atoms with van der Waals surface area (Å²) in [6.45, 7) is 6.34. The summed E-state index contributed by atoms with van der Waals surface area (Å²) in [5.74, 6) is 1.02. The Morgan fingerprint density at radius 2 is 1.94 bits per heavy atom. The van der Waals surface area contributed by atoms with Crippen molar-refractivity contribution in [2.75, 3.05) is 7.11 Å². The van der Waals surface area contributed by atoms with E-state index in [1.54, 1.807) is 7.11 Å². The van der Waals surface area contributed by atoms with Crippen molar-refractivity contribution in [2.45, 2.75) is 45.1 Å². The van der Waals surface area contributed by atoms with E-state index < -0.39 is 0 Å². The second kappa shape index (κ2) is 3.77. The fourth-order valence-corrected chi connectivity index (χ4v) is 2.79. The van der Waals surface area contributed by atoms with Gasteiger partial charge in [-0.05, 0) is 50.3 Å². The van der Waals surface area contributed by atoms with Gasteiger partial charge in [0.2, 0.25) is 0 Å². The first-order valence-corrected chi connectivity index (χ1v) is 5.93. The van der Waals surface area contributed by atoms with E-state index >= 15 is 0 Å². The maximum Gasteiger partial charge on any atom is 0.124 e. The van der Waals surface area contributed by atoms with E-state index in [0.29, 0.717) is 0 Å². The molecule has 0 aromatic heterocycles. The van der Waals surface area contributed by atoms with Crippen molar-refractivity contribution >= 4 is 0 Å². The lowest BCUT2D eigenvalue weighted by atomic mass is 9.85. The largest absolute Gasteiger partial charge is 0.496 e. The van der Waals surface area contributed by atoms with Gasteiger partial charge in [0.1, 0.15) is 5.75 Å². The highest BCUT2D eigenvalue weighted by atomic mass is 16.5.